The maximum Gasteiger partial charge on any atom is 2.00 e. The van der Waals surface area contributed by atoms with Crippen LogP contribution in [0.15, 0.2) is 70.6 Å². The van der Waals surface area contributed by atoms with Crippen molar-refractivity contribution in [3.8, 4) is 0 Å². The van der Waals surface area contributed by atoms with E-state index in [1.807, 2.05) is 124 Å². The smallest absolute Gasteiger partial charge is 0.283 e. The molecule has 0 aliphatic heterocycles. The van der Waals surface area contributed by atoms with Gasteiger partial charge in [0, 0.05) is 12.4 Å². The molecule has 27 heavy (non-hydrogen) atoms. The number of hydrogen-bond acceptors (Lipinski definition) is 2. The maximum atomic E-state index is 4.31. The molecule has 3 heteroatoms. The average Bonchev–Trinajstić information content (AvgIpc) is 3.41. The van der Waals surface area contributed by atoms with E-state index in [1.165, 1.54) is 0 Å². The number of hydrogen-bond donors (Lipinski definition) is 0. The van der Waals surface area contributed by atoms with Gasteiger partial charge in [-0.05, 0) is 62.5 Å². The summed E-state index contributed by atoms with van der Waals surface area (Å²) < 4.78 is 0. The summed E-state index contributed by atoms with van der Waals surface area (Å²) in [5.41, 5.74) is 2.26. The zero-order chi connectivity index (χ0) is 17.9. The van der Waals surface area contributed by atoms with Crippen molar-refractivity contribution in [2.45, 2.75) is 0 Å². The molecule has 0 bridgehead atoms. The normalized spacial score (nSPS) is 17.8. The molecule has 0 amide bonds. The third-order valence-electron chi connectivity index (χ3n) is 3.61. The summed E-state index contributed by atoms with van der Waals surface area (Å²) in [7, 11) is 0. The van der Waals surface area contributed by atoms with E-state index >= 15 is 0 Å². The molecular weight excluding hydrogens is 372 g/mol. The van der Waals surface area contributed by atoms with Crippen molar-refractivity contribution in [2.24, 2.45) is 9.98 Å². The van der Waals surface area contributed by atoms with Crippen molar-refractivity contribution in [3.63, 3.8) is 0 Å². The van der Waals surface area contributed by atoms with Crippen LogP contribution in [0.3, 0.4) is 0 Å². The molecular formula is C24H20FeN2+2. The first kappa shape index (κ1) is 21.6. The molecule has 0 heterocycles. The molecule has 2 fully saturated rings. The van der Waals surface area contributed by atoms with Crippen LogP contribution in [0, 0.1) is 63.5 Å². The molecule has 2 saturated carbocycles. The summed E-state index contributed by atoms with van der Waals surface area (Å²) in [4.78, 5) is 8.62. The quantitative estimate of drug-likeness (QED) is 0.521. The minimum absolute atomic E-state index is 0. The van der Waals surface area contributed by atoms with Crippen LogP contribution < -0.4 is 0 Å². The van der Waals surface area contributed by atoms with Gasteiger partial charge < -0.3 is 0 Å². The third-order valence-corrected chi connectivity index (χ3v) is 3.61. The summed E-state index contributed by atoms with van der Waals surface area (Å²) in [5.74, 6) is 0. The zero-order valence-electron chi connectivity index (χ0n) is 14.8. The SMILES string of the molecule is [CH]1[CH][CH][C](N=Cc2ccccc2)[CH]1.[CH]1[CH][CH][C](N=Cc2ccccc2)[CH]1.[Fe+2]. The summed E-state index contributed by atoms with van der Waals surface area (Å²) in [6, 6.07) is 22.2. The van der Waals surface area contributed by atoms with Crippen molar-refractivity contribution in [3.05, 3.63) is 135 Å². The van der Waals surface area contributed by atoms with Gasteiger partial charge in [0.1, 0.15) is 0 Å². The second-order valence-corrected chi connectivity index (χ2v) is 5.62. The van der Waals surface area contributed by atoms with Crippen molar-refractivity contribution < 1.29 is 17.1 Å². The molecule has 0 atom stereocenters. The molecule has 2 aromatic rings. The Morgan fingerprint density at radius 1 is 0.481 bits per heavy atom. The van der Waals surface area contributed by atoms with Gasteiger partial charge in [0.25, 0.3) is 0 Å². The molecule has 0 spiro atoms. The zero-order valence-corrected chi connectivity index (χ0v) is 15.9. The Bertz CT molecular complexity index is 609. The summed E-state index contributed by atoms with van der Waals surface area (Å²) in [6.07, 6.45) is 19.6. The number of rotatable bonds is 4. The van der Waals surface area contributed by atoms with Crippen molar-refractivity contribution in [1.82, 2.24) is 0 Å². The molecule has 132 valence electrons. The maximum absolute atomic E-state index is 4.31. The van der Waals surface area contributed by atoms with Gasteiger partial charge in [0.05, 0.1) is 12.1 Å². The Morgan fingerprint density at radius 2 is 0.815 bits per heavy atom. The van der Waals surface area contributed by atoms with Crippen LogP contribution in [0.1, 0.15) is 11.1 Å². The third kappa shape index (κ3) is 8.24. The molecule has 0 saturated heterocycles. The van der Waals surface area contributed by atoms with Crippen LogP contribution in [0.25, 0.3) is 0 Å². The largest absolute Gasteiger partial charge is 2.00 e. The van der Waals surface area contributed by atoms with E-state index in [9.17, 15) is 0 Å². The average molecular weight is 392 g/mol. The first-order chi connectivity index (χ1) is 12.9. The fourth-order valence-corrected chi connectivity index (χ4v) is 2.28. The summed E-state index contributed by atoms with van der Waals surface area (Å²) >= 11 is 0. The second-order valence-electron chi connectivity index (χ2n) is 5.62. The van der Waals surface area contributed by atoms with Gasteiger partial charge in [-0.2, -0.15) is 0 Å². The van der Waals surface area contributed by atoms with Crippen LogP contribution in [-0.4, -0.2) is 12.4 Å². The number of aliphatic imine (C=N–C) groups is 2. The van der Waals surface area contributed by atoms with Gasteiger partial charge >= 0.3 is 17.1 Å². The van der Waals surface area contributed by atoms with Crippen molar-refractivity contribution in [2.75, 3.05) is 0 Å². The van der Waals surface area contributed by atoms with E-state index < -0.39 is 0 Å². The molecule has 0 aromatic heterocycles. The van der Waals surface area contributed by atoms with Gasteiger partial charge in [-0.3, -0.25) is 9.98 Å². The van der Waals surface area contributed by atoms with Crippen molar-refractivity contribution >= 4 is 12.4 Å². The first-order valence-corrected chi connectivity index (χ1v) is 8.52. The fraction of sp³-hybridized carbons (Fsp3) is 0. The number of benzene rings is 2. The predicted octanol–water partition coefficient (Wildman–Crippen LogP) is 4.93. The minimum atomic E-state index is 0. The van der Waals surface area contributed by atoms with E-state index in [0.717, 1.165) is 23.2 Å². The van der Waals surface area contributed by atoms with Crippen LogP contribution >= 0.6 is 0 Å². The van der Waals surface area contributed by atoms with E-state index in [4.69, 9.17) is 0 Å². The molecule has 2 aliphatic carbocycles. The van der Waals surface area contributed by atoms with Gasteiger partial charge in [0.15, 0.2) is 0 Å². The van der Waals surface area contributed by atoms with Crippen LogP contribution in [0.4, 0.5) is 0 Å². The Morgan fingerprint density at radius 3 is 1.15 bits per heavy atom. The molecule has 2 aliphatic rings. The van der Waals surface area contributed by atoms with E-state index in [0.29, 0.717) is 0 Å². The van der Waals surface area contributed by atoms with E-state index in [-0.39, 0.29) is 17.1 Å². The topological polar surface area (TPSA) is 24.7 Å². The van der Waals surface area contributed by atoms with Crippen LogP contribution in [0.2, 0.25) is 0 Å². The predicted molar refractivity (Wildman–Crippen MR) is 109 cm³/mol. The molecule has 0 unspecified atom stereocenters. The monoisotopic (exact) mass is 392 g/mol. The Balaban J connectivity index is 0.000000187. The summed E-state index contributed by atoms with van der Waals surface area (Å²) in [5, 5.41) is 0. The Hall–Kier alpha value is -1.70. The van der Waals surface area contributed by atoms with Crippen molar-refractivity contribution in [1.29, 1.82) is 0 Å². The van der Waals surface area contributed by atoms with E-state index in [2.05, 4.69) is 9.98 Å². The Kier molecular flexibility index (Phi) is 10.1. The van der Waals surface area contributed by atoms with Gasteiger partial charge in [-0.15, -0.1) is 0 Å². The Labute approximate surface area is 174 Å². The molecule has 10 radical (unpaired) electrons. The number of nitrogens with zero attached hydrogens (tertiary/aromatic N) is 2. The molecule has 4 rings (SSSR count). The van der Waals surface area contributed by atoms with Gasteiger partial charge in [-0.1, -0.05) is 60.7 Å². The standard InChI is InChI=1S/2C12H10N.Fe/c2*1-2-6-11(7-3-1)10-13-12-8-4-5-9-12;/h2*1-10H;/q;;+2. The molecule has 2 nitrogen and oxygen atoms in total. The molecule has 0 N–H and O–H groups in total. The summed E-state index contributed by atoms with van der Waals surface area (Å²) in [6.45, 7) is 0. The van der Waals surface area contributed by atoms with Crippen LogP contribution in [-0.2, 0) is 17.1 Å². The fourth-order valence-electron chi connectivity index (χ4n) is 2.28. The minimum Gasteiger partial charge on any atom is -0.283 e. The van der Waals surface area contributed by atoms with E-state index in [1.54, 1.807) is 0 Å². The van der Waals surface area contributed by atoms with Gasteiger partial charge in [0.2, 0.25) is 0 Å². The first-order valence-electron chi connectivity index (χ1n) is 8.52. The molecule has 2 aromatic carbocycles. The van der Waals surface area contributed by atoms with Gasteiger partial charge in [-0.25, -0.2) is 0 Å². The van der Waals surface area contributed by atoms with Crippen LogP contribution in [0.5, 0.6) is 0 Å². The second kappa shape index (κ2) is 12.6.